The Balaban J connectivity index is 2.59. The van der Waals surface area contributed by atoms with E-state index in [1.54, 1.807) is 0 Å². The van der Waals surface area contributed by atoms with Crippen molar-refractivity contribution in [3.8, 4) is 5.13 Å². The first-order chi connectivity index (χ1) is 8.70. The van der Waals surface area contributed by atoms with Gasteiger partial charge in [-0.05, 0) is 19.9 Å². The smallest absolute Gasteiger partial charge is 0.433 e. The lowest BCUT2D eigenvalue weighted by Gasteiger charge is -2.07. The SMILES string of the molecule is Cc1cc(C(F)(F)F)n(-c2nc(C)c(C(=O)[O-])s2)n1. The van der Waals surface area contributed by atoms with Gasteiger partial charge in [0.1, 0.15) is 0 Å². The number of alkyl halides is 3. The molecule has 2 heterocycles. The van der Waals surface area contributed by atoms with Crippen molar-refractivity contribution in [1.29, 1.82) is 0 Å². The van der Waals surface area contributed by atoms with Gasteiger partial charge in [-0.2, -0.15) is 18.3 Å². The van der Waals surface area contributed by atoms with Crippen LogP contribution in [0.3, 0.4) is 0 Å². The number of carboxylic acid groups (broad SMARTS) is 1. The van der Waals surface area contributed by atoms with Crippen LogP contribution in [0.2, 0.25) is 0 Å². The van der Waals surface area contributed by atoms with Crippen LogP contribution in [0.5, 0.6) is 0 Å². The normalized spacial score (nSPS) is 11.8. The van der Waals surface area contributed by atoms with Gasteiger partial charge in [-0.1, -0.05) is 11.3 Å². The molecule has 0 aliphatic carbocycles. The summed E-state index contributed by atoms with van der Waals surface area (Å²) < 4.78 is 39.0. The maximum absolute atomic E-state index is 12.8. The number of nitrogens with zero attached hydrogens (tertiary/aromatic N) is 3. The summed E-state index contributed by atoms with van der Waals surface area (Å²) >= 11 is 0.592. The summed E-state index contributed by atoms with van der Waals surface area (Å²) in [5, 5.41) is 14.3. The first-order valence-electron chi connectivity index (χ1n) is 5.03. The first-order valence-corrected chi connectivity index (χ1v) is 5.85. The Morgan fingerprint density at radius 2 is 2.05 bits per heavy atom. The Labute approximate surface area is 109 Å². The Kier molecular flexibility index (Phi) is 3.09. The Morgan fingerprint density at radius 1 is 1.42 bits per heavy atom. The van der Waals surface area contributed by atoms with E-state index < -0.39 is 17.8 Å². The number of halogens is 3. The third-order valence-electron chi connectivity index (χ3n) is 2.27. The van der Waals surface area contributed by atoms with Gasteiger partial charge < -0.3 is 9.90 Å². The molecule has 0 aliphatic heterocycles. The fourth-order valence-corrected chi connectivity index (χ4v) is 2.38. The van der Waals surface area contributed by atoms with Gasteiger partial charge in [0.2, 0.25) is 5.13 Å². The van der Waals surface area contributed by atoms with Crippen LogP contribution in [0.15, 0.2) is 6.07 Å². The van der Waals surface area contributed by atoms with E-state index in [1.807, 2.05) is 0 Å². The molecular weight excluding hydrogens is 283 g/mol. The molecule has 2 rings (SSSR count). The van der Waals surface area contributed by atoms with Crippen molar-refractivity contribution in [3.05, 3.63) is 28.0 Å². The van der Waals surface area contributed by atoms with Gasteiger partial charge in [-0.3, -0.25) is 0 Å². The van der Waals surface area contributed by atoms with E-state index in [0.717, 1.165) is 6.07 Å². The van der Waals surface area contributed by atoms with E-state index in [-0.39, 0.29) is 21.4 Å². The molecule has 19 heavy (non-hydrogen) atoms. The summed E-state index contributed by atoms with van der Waals surface area (Å²) in [6.07, 6.45) is -4.59. The molecule has 0 amide bonds. The quantitative estimate of drug-likeness (QED) is 0.836. The summed E-state index contributed by atoms with van der Waals surface area (Å²) in [5.74, 6) is -1.47. The van der Waals surface area contributed by atoms with Crippen LogP contribution in [0, 0.1) is 13.8 Å². The second-order valence-corrected chi connectivity index (χ2v) is 4.76. The maximum atomic E-state index is 12.8. The van der Waals surface area contributed by atoms with Crippen LogP contribution in [0.4, 0.5) is 13.2 Å². The highest BCUT2D eigenvalue weighted by molar-refractivity contribution is 7.16. The van der Waals surface area contributed by atoms with Gasteiger partial charge in [0.15, 0.2) is 5.69 Å². The maximum Gasteiger partial charge on any atom is 0.433 e. The fourth-order valence-electron chi connectivity index (χ4n) is 1.51. The molecule has 102 valence electrons. The van der Waals surface area contributed by atoms with Crippen molar-refractivity contribution in [2.75, 3.05) is 0 Å². The largest absolute Gasteiger partial charge is 0.544 e. The Hall–Kier alpha value is -1.90. The van der Waals surface area contributed by atoms with Gasteiger partial charge in [-0.25, -0.2) is 9.67 Å². The zero-order valence-corrected chi connectivity index (χ0v) is 10.6. The van der Waals surface area contributed by atoms with Gasteiger partial charge in [0, 0.05) is 0 Å². The molecule has 0 saturated heterocycles. The zero-order valence-electron chi connectivity index (χ0n) is 9.78. The van der Waals surface area contributed by atoms with Crippen LogP contribution >= 0.6 is 11.3 Å². The molecule has 5 nitrogen and oxygen atoms in total. The summed E-state index contributed by atoms with van der Waals surface area (Å²) in [6, 6.07) is 0.870. The predicted molar refractivity (Wildman–Crippen MR) is 58.0 cm³/mol. The molecule has 2 aromatic heterocycles. The molecule has 0 bridgehead atoms. The van der Waals surface area contributed by atoms with Crippen molar-refractivity contribution in [3.63, 3.8) is 0 Å². The fraction of sp³-hybridized carbons (Fsp3) is 0.300. The number of hydrogen-bond acceptors (Lipinski definition) is 5. The number of rotatable bonds is 2. The number of carboxylic acids is 1. The number of carbonyl (C=O) groups is 1. The van der Waals surface area contributed by atoms with Crippen molar-refractivity contribution < 1.29 is 23.1 Å². The number of carbonyl (C=O) groups excluding carboxylic acids is 1. The monoisotopic (exact) mass is 290 g/mol. The van der Waals surface area contributed by atoms with E-state index in [2.05, 4.69) is 10.1 Å². The van der Waals surface area contributed by atoms with Gasteiger partial charge in [-0.15, -0.1) is 0 Å². The molecule has 0 aromatic carbocycles. The molecule has 0 unspecified atom stereocenters. The highest BCUT2D eigenvalue weighted by Gasteiger charge is 2.36. The van der Waals surface area contributed by atoms with Crippen molar-refractivity contribution >= 4 is 17.3 Å². The van der Waals surface area contributed by atoms with Crippen LogP contribution in [-0.4, -0.2) is 20.7 Å². The lowest BCUT2D eigenvalue weighted by Crippen LogP contribution is -2.21. The number of aromatic nitrogens is 3. The third-order valence-corrected chi connectivity index (χ3v) is 3.39. The summed E-state index contributed by atoms with van der Waals surface area (Å²) in [5.41, 5.74) is -0.736. The molecule has 0 saturated carbocycles. The van der Waals surface area contributed by atoms with Gasteiger partial charge in [0.25, 0.3) is 0 Å². The number of thiazole rings is 1. The van der Waals surface area contributed by atoms with E-state index in [4.69, 9.17) is 0 Å². The van der Waals surface area contributed by atoms with Crippen molar-refractivity contribution in [2.24, 2.45) is 0 Å². The summed E-state index contributed by atoms with van der Waals surface area (Å²) in [6.45, 7) is 2.79. The van der Waals surface area contributed by atoms with Gasteiger partial charge in [0.05, 0.1) is 22.2 Å². The topological polar surface area (TPSA) is 70.8 Å². The minimum Gasteiger partial charge on any atom is -0.544 e. The number of aryl methyl sites for hydroxylation is 2. The third kappa shape index (κ3) is 2.46. The van der Waals surface area contributed by atoms with E-state index in [0.29, 0.717) is 16.0 Å². The van der Waals surface area contributed by atoms with E-state index in [1.165, 1.54) is 13.8 Å². The first kappa shape index (κ1) is 13.5. The van der Waals surface area contributed by atoms with Crippen LogP contribution in [-0.2, 0) is 6.18 Å². The molecule has 0 fully saturated rings. The molecule has 0 aliphatic rings. The minimum atomic E-state index is -4.59. The Bertz CT molecular complexity index is 645. The van der Waals surface area contributed by atoms with E-state index >= 15 is 0 Å². The lowest BCUT2D eigenvalue weighted by atomic mass is 10.3. The highest BCUT2D eigenvalue weighted by atomic mass is 32.1. The summed E-state index contributed by atoms with van der Waals surface area (Å²) in [4.78, 5) is 14.3. The predicted octanol–water partition coefficient (Wildman–Crippen LogP) is 1.33. The second-order valence-electron chi connectivity index (χ2n) is 3.78. The van der Waals surface area contributed by atoms with Crippen LogP contribution in [0.1, 0.15) is 26.8 Å². The minimum absolute atomic E-state index is 0.0984. The second kappa shape index (κ2) is 4.34. The van der Waals surface area contributed by atoms with Crippen molar-refractivity contribution in [1.82, 2.24) is 14.8 Å². The van der Waals surface area contributed by atoms with Gasteiger partial charge >= 0.3 is 6.18 Å². The average molecular weight is 290 g/mol. The highest BCUT2D eigenvalue weighted by Crippen LogP contribution is 2.32. The number of aromatic carboxylic acids is 1. The molecule has 0 radical (unpaired) electrons. The molecule has 0 atom stereocenters. The molecule has 9 heteroatoms. The lowest BCUT2D eigenvalue weighted by molar-refractivity contribution is -0.254. The Morgan fingerprint density at radius 3 is 2.53 bits per heavy atom. The van der Waals surface area contributed by atoms with E-state index in [9.17, 15) is 23.1 Å². The van der Waals surface area contributed by atoms with Crippen LogP contribution < -0.4 is 5.11 Å². The standard InChI is InChI=1S/C10H8F3N3O2S/c1-4-3-6(10(11,12)13)16(15-4)9-14-5(2)7(19-9)8(17)18/h3H,1-2H3,(H,17,18)/p-1. The number of hydrogen-bond donors (Lipinski definition) is 0. The molecule has 0 N–H and O–H groups in total. The van der Waals surface area contributed by atoms with Crippen LogP contribution in [0.25, 0.3) is 5.13 Å². The molecule has 0 spiro atoms. The van der Waals surface area contributed by atoms with Crippen molar-refractivity contribution in [2.45, 2.75) is 20.0 Å². The molecule has 2 aromatic rings. The summed E-state index contributed by atoms with van der Waals surface area (Å²) in [7, 11) is 0. The molecular formula is C10H7F3N3O2S-. The average Bonchev–Trinajstić information content (AvgIpc) is 2.80. The zero-order chi connectivity index (χ0) is 14.4.